The summed E-state index contributed by atoms with van der Waals surface area (Å²) >= 11 is 6.19. The average Bonchev–Trinajstić information content (AvgIpc) is 2.71. The topological polar surface area (TPSA) is 93.1 Å². The van der Waals surface area contributed by atoms with E-state index in [0.717, 1.165) is 5.56 Å². The first-order chi connectivity index (χ1) is 14.4. The minimum atomic E-state index is -0.386. The summed E-state index contributed by atoms with van der Waals surface area (Å²) in [5, 5.41) is 5.88. The minimum absolute atomic E-state index is 0.148. The lowest BCUT2D eigenvalue weighted by Crippen LogP contribution is -2.32. The molecule has 0 radical (unpaired) electrons. The Morgan fingerprint density at radius 1 is 1.13 bits per heavy atom. The summed E-state index contributed by atoms with van der Waals surface area (Å²) in [6.45, 7) is 4.07. The molecule has 0 aliphatic carbocycles. The van der Waals surface area contributed by atoms with Crippen molar-refractivity contribution < 1.29 is 9.59 Å². The van der Waals surface area contributed by atoms with Gasteiger partial charge in [0.25, 0.3) is 5.56 Å². The van der Waals surface area contributed by atoms with Crippen LogP contribution in [0.15, 0.2) is 47.3 Å². The smallest absolute Gasteiger partial charge is 0.273 e. The van der Waals surface area contributed by atoms with Crippen molar-refractivity contribution in [2.75, 3.05) is 11.9 Å². The zero-order valence-corrected chi connectivity index (χ0v) is 17.6. The maximum Gasteiger partial charge on any atom is 0.273 e. The van der Waals surface area contributed by atoms with Crippen LogP contribution in [0.1, 0.15) is 24.6 Å². The lowest BCUT2D eigenvalue weighted by Gasteiger charge is -2.13. The van der Waals surface area contributed by atoms with Gasteiger partial charge in [-0.15, -0.1) is 0 Å². The molecule has 3 rings (SSSR count). The SMILES string of the molecule is CCNC(=O)CCc1nc2ccccc2n(CC(=O)Nc2ccc(C)cc2Cl)c1=O. The van der Waals surface area contributed by atoms with E-state index in [0.29, 0.717) is 28.3 Å². The molecule has 0 spiro atoms. The van der Waals surface area contributed by atoms with Gasteiger partial charge in [0.1, 0.15) is 12.2 Å². The Bertz CT molecular complexity index is 1160. The van der Waals surface area contributed by atoms with Gasteiger partial charge in [0, 0.05) is 19.4 Å². The highest BCUT2D eigenvalue weighted by atomic mass is 35.5. The number of anilines is 1. The van der Waals surface area contributed by atoms with Crippen molar-refractivity contribution in [3.63, 3.8) is 0 Å². The minimum Gasteiger partial charge on any atom is -0.356 e. The fourth-order valence-electron chi connectivity index (χ4n) is 3.14. The number of fused-ring (bicyclic) bond motifs is 1. The fourth-order valence-corrected chi connectivity index (χ4v) is 3.42. The van der Waals surface area contributed by atoms with Gasteiger partial charge in [-0.3, -0.25) is 19.0 Å². The van der Waals surface area contributed by atoms with E-state index >= 15 is 0 Å². The third kappa shape index (κ3) is 5.04. The predicted octanol–water partition coefficient (Wildman–Crippen LogP) is 3.07. The zero-order valence-electron chi connectivity index (χ0n) is 16.9. The number of aryl methyl sites for hydroxylation is 2. The number of carbonyl (C=O) groups is 2. The highest BCUT2D eigenvalue weighted by Crippen LogP contribution is 2.22. The number of aromatic nitrogens is 2. The first kappa shape index (κ1) is 21.5. The molecule has 2 aromatic carbocycles. The Hall–Kier alpha value is -3.19. The van der Waals surface area contributed by atoms with Crippen LogP contribution in [-0.2, 0) is 22.6 Å². The molecule has 2 amide bonds. The second-order valence-corrected chi connectivity index (χ2v) is 7.33. The van der Waals surface area contributed by atoms with Crippen LogP contribution < -0.4 is 16.2 Å². The van der Waals surface area contributed by atoms with Crippen LogP contribution >= 0.6 is 11.6 Å². The molecule has 0 fully saturated rings. The Morgan fingerprint density at radius 3 is 2.63 bits per heavy atom. The van der Waals surface area contributed by atoms with Gasteiger partial charge >= 0.3 is 0 Å². The highest BCUT2D eigenvalue weighted by molar-refractivity contribution is 6.33. The molecule has 2 N–H and O–H groups in total. The molecule has 0 saturated heterocycles. The van der Waals surface area contributed by atoms with Crippen molar-refractivity contribution in [2.24, 2.45) is 0 Å². The van der Waals surface area contributed by atoms with Gasteiger partial charge in [-0.25, -0.2) is 4.98 Å². The molecule has 1 aromatic heterocycles. The number of rotatable bonds is 7. The van der Waals surface area contributed by atoms with E-state index < -0.39 is 0 Å². The number of hydrogen-bond acceptors (Lipinski definition) is 4. The normalized spacial score (nSPS) is 10.8. The molecule has 0 aliphatic rings. The number of carbonyl (C=O) groups excluding carboxylic acids is 2. The fraction of sp³-hybridized carbons (Fsp3) is 0.273. The van der Waals surface area contributed by atoms with Gasteiger partial charge in [0.05, 0.1) is 21.7 Å². The van der Waals surface area contributed by atoms with E-state index in [9.17, 15) is 14.4 Å². The van der Waals surface area contributed by atoms with Gasteiger partial charge in [-0.05, 0) is 43.7 Å². The van der Waals surface area contributed by atoms with Gasteiger partial charge in [-0.2, -0.15) is 0 Å². The first-order valence-corrected chi connectivity index (χ1v) is 10.1. The quantitative estimate of drug-likeness (QED) is 0.607. The maximum atomic E-state index is 13.0. The van der Waals surface area contributed by atoms with Crippen LogP contribution in [0.2, 0.25) is 5.02 Å². The third-order valence-electron chi connectivity index (χ3n) is 4.58. The molecule has 0 unspecified atom stereocenters. The Balaban J connectivity index is 1.89. The third-order valence-corrected chi connectivity index (χ3v) is 4.90. The molecule has 0 aliphatic heterocycles. The summed E-state index contributed by atoms with van der Waals surface area (Å²) in [6, 6.07) is 12.4. The van der Waals surface area contributed by atoms with Crippen LogP contribution in [-0.4, -0.2) is 27.9 Å². The first-order valence-electron chi connectivity index (χ1n) is 9.70. The molecule has 1 heterocycles. The van der Waals surface area contributed by atoms with E-state index in [1.165, 1.54) is 4.57 Å². The van der Waals surface area contributed by atoms with E-state index in [1.54, 1.807) is 30.3 Å². The van der Waals surface area contributed by atoms with Gasteiger partial charge in [0.2, 0.25) is 11.8 Å². The summed E-state index contributed by atoms with van der Waals surface area (Å²) < 4.78 is 1.38. The highest BCUT2D eigenvalue weighted by Gasteiger charge is 2.15. The van der Waals surface area contributed by atoms with Crippen LogP contribution in [0.3, 0.4) is 0 Å². The average molecular weight is 427 g/mol. The Labute approximate surface area is 179 Å². The Morgan fingerprint density at radius 2 is 1.90 bits per heavy atom. The second kappa shape index (κ2) is 9.54. The standard InChI is InChI=1S/C22H23ClN4O3/c1-3-24-20(28)11-10-18-22(30)27(19-7-5-4-6-17(19)25-18)13-21(29)26-16-9-8-14(2)12-15(16)23/h4-9,12H,3,10-11,13H2,1-2H3,(H,24,28)(H,26,29). The van der Waals surface area contributed by atoms with Crippen molar-refractivity contribution in [3.05, 3.63) is 69.1 Å². The molecule has 8 heteroatoms. The molecule has 0 atom stereocenters. The molecular weight excluding hydrogens is 404 g/mol. The monoisotopic (exact) mass is 426 g/mol. The van der Waals surface area contributed by atoms with E-state index in [-0.39, 0.29) is 42.5 Å². The zero-order chi connectivity index (χ0) is 21.7. The number of hydrogen-bond donors (Lipinski definition) is 2. The Kier molecular flexibility index (Phi) is 6.84. The predicted molar refractivity (Wildman–Crippen MR) is 118 cm³/mol. The molecule has 3 aromatic rings. The number of para-hydroxylation sites is 2. The van der Waals surface area contributed by atoms with Gasteiger partial charge < -0.3 is 10.6 Å². The van der Waals surface area contributed by atoms with Crippen LogP contribution in [0.5, 0.6) is 0 Å². The summed E-state index contributed by atoms with van der Waals surface area (Å²) in [6.07, 6.45) is 0.348. The summed E-state index contributed by atoms with van der Waals surface area (Å²) in [5.74, 6) is -0.529. The largest absolute Gasteiger partial charge is 0.356 e. The molecule has 0 saturated carbocycles. The number of nitrogens with one attached hydrogen (secondary N) is 2. The van der Waals surface area contributed by atoms with Gasteiger partial charge in [-0.1, -0.05) is 29.8 Å². The van der Waals surface area contributed by atoms with Crippen molar-refractivity contribution in [3.8, 4) is 0 Å². The van der Waals surface area contributed by atoms with Gasteiger partial charge in [0.15, 0.2) is 0 Å². The molecule has 30 heavy (non-hydrogen) atoms. The van der Waals surface area contributed by atoms with E-state index in [2.05, 4.69) is 15.6 Å². The number of nitrogens with zero attached hydrogens (tertiary/aromatic N) is 2. The van der Waals surface area contributed by atoms with Crippen molar-refractivity contribution in [1.82, 2.24) is 14.9 Å². The molecule has 7 nitrogen and oxygen atoms in total. The molecule has 156 valence electrons. The van der Waals surface area contributed by atoms with Crippen molar-refractivity contribution >= 4 is 40.1 Å². The molecule has 0 bridgehead atoms. The van der Waals surface area contributed by atoms with E-state index in [1.807, 2.05) is 26.0 Å². The van der Waals surface area contributed by atoms with Crippen LogP contribution in [0.25, 0.3) is 11.0 Å². The lowest BCUT2D eigenvalue weighted by atomic mass is 10.2. The summed E-state index contributed by atoms with van der Waals surface area (Å²) in [5.41, 5.74) is 2.46. The lowest BCUT2D eigenvalue weighted by molar-refractivity contribution is -0.121. The maximum absolute atomic E-state index is 13.0. The van der Waals surface area contributed by atoms with Crippen molar-refractivity contribution in [1.29, 1.82) is 0 Å². The summed E-state index contributed by atoms with van der Waals surface area (Å²) in [4.78, 5) is 41.9. The number of amides is 2. The second-order valence-electron chi connectivity index (χ2n) is 6.92. The number of benzene rings is 2. The summed E-state index contributed by atoms with van der Waals surface area (Å²) in [7, 11) is 0. The van der Waals surface area contributed by atoms with E-state index in [4.69, 9.17) is 11.6 Å². The molecular formula is C22H23ClN4O3. The van der Waals surface area contributed by atoms with Crippen LogP contribution in [0.4, 0.5) is 5.69 Å². The number of halogens is 1. The van der Waals surface area contributed by atoms with Crippen molar-refractivity contribution in [2.45, 2.75) is 33.2 Å². The van der Waals surface area contributed by atoms with Crippen LogP contribution in [0, 0.1) is 6.92 Å².